The second-order valence-corrected chi connectivity index (χ2v) is 4.18. The largest absolute Gasteiger partial charge is 0.493 e. The summed E-state index contributed by atoms with van der Waals surface area (Å²) in [5.74, 6) is 1.61. The van der Waals surface area contributed by atoms with E-state index in [2.05, 4.69) is 0 Å². The van der Waals surface area contributed by atoms with Gasteiger partial charge in [0.25, 0.3) is 0 Å². The van der Waals surface area contributed by atoms with Crippen molar-refractivity contribution >= 4 is 15.7 Å². The lowest BCUT2D eigenvalue weighted by atomic mass is 9.59. The molecule has 4 nitrogen and oxygen atoms in total. The molecule has 0 saturated carbocycles. The van der Waals surface area contributed by atoms with Gasteiger partial charge in [-0.2, -0.15) is 0 Å². The normalized spacial score (nSPS) is 18.9. The van der Waals surface area contributed by atoms with Crippen LogP contribution in [-0.4, -0.2) is 35.5 Å². The molecule has 1 aliphatic rings. The van der Waals surface area contributed by atoms with Crippen molar-refractivity contribution in [1.29, 1.82) is 0 Å². The summed E-state index contributed by atoms with van der Waals surface area (Å²) >= 11 is 0. The zero-order valence-corrected chi connectivity index (χ0v) is 9.90. The molecule has 4 radical (unpaired) electrons. The third-order valence-corrected chi connectivity index (χ3v) is 2.53. The van der Waals surface area contributed by atoms with Crippen LogP contribution in [0.15, 0.2) is 12.1 Å². The van der Waals surface area contributed by atoms with Gasteiger partial charge in [0.15, 0.2) is 11.5 Å². The second kappa shape index (κ2) is 4.18. The third-order valence-electron chi connectivity index (χ3n) is 2.53. The first-order valence-corrected chi connectivity index (χ1v) is 5.30. The number of nitrogens with two attached hydrogens (primary N) is 1. The monoisotopic (exact) mass is 229 g/mol. The van der Waals surface area contributed by atoms with Gasteiger partial charge in [0, 0.05) is 0 Å². The highest BCUT2D eigenvalue weighted by molar-refractivity contribution is 6.39. The zero-order chi connectivity index (χ0) is 12.6. The molecule has 1 heterocycles. The van der Waals surface area contributed by atoms with Crippen LogP contribution in [0.2, 0.25) is 0 Å². The van der Waals surface area contributed by atoms with E-state index in [1.165, 1.54) is 7.11 Å². The summed E-state index contributed by atoms with van der Waals surface area (Å²) < 4.78 is 16.4. The molecule has 0 aliphatic carbocycles. The fourth-order valence-electron chi connectivity index (χ4n) is 1.66. The van der Waals surface area contributed by atoms with Crippen molar-refractivity contribution in [2.75, 3.05) is 13.7 Å². The van der Waals surface area contributed by atoms with Crippen LogP contribution in [0.25, 0.3) is 0 Å². The van der Waals surface area contributed by atoms with Crippen LogP contribution in [0.4, 0.5) is 0 Å². The molecule has 2 N–H and O–H groups in total. The van der Waals surface area contributed by atoms with E-state index >= 15 is 0 Å². The Labute approximate surface area is 103 Å². The lowest BCUT2D eigenvalue weighted by molar-refractivity contribution is 0.100. The molecule has 1 atom stereocenters. The van der Waals surface area contributed by atoms with Gasteiger partial charge in [-0.1, -0.05) is 0 Å². The summed E-state index contributed by atoms with van der Waals surface area (Å²) in [6, 6.07) is 3.33. The van der Waals surface area contributed by atoms with Gasteiger partial charge in [0.1, 0.15) is 12.7 Å². The van der Waals surface area contributed by atoms with E-state index in [-0.39, 0.29) is 6.10 Å². The van der Waals surface area contributed by atoms with Crippen LogP contribution in [0.1, 0.15) is 12.5 Å². The lowest BCUT2D eigenvalue weighted by Crippen LogP contribution is -2.37. The average molecular weight is 229 g/mol. The second-order valence-electron chi connectivity index (χ2n) is 4.18. The predicted octanol–water partition coefficient (Wildman–Crippen LogP) is 0.261. The number of rotatable bonds is 2. The van der Waals surface area contributed by atoms with Crippen molar-refractivity contribution in [1.82, 2.24) is 0 Å². The van der Waals surface area contributed by atoms with E-state index in [4.69, 9.17) is 35.6 Å². The Morgan fingerprint density at radius 3 is 2.76 bits per heavy atom. The van der Waals surface area contributed by atoms with E-state index in [0.717, 1.165) is 0 Å². The summed E-state index contributed by atoms with van der Waals surface area (Å²) in [5.41, 5.74) is 6.17. The van der Waals surface area contributed by atoms with Crippen LogP contribution in [-0.2, 0) is 5.34 Å². The van der Waals surface area contributed by atoms with E-state index in [1.54, 1.807) is 12.1 Å². The molecule has 0 amide bonds. The Balaban J connectivity index is 2.51. The Bertz CT molecular complexity index is 431. The van der Waals surface area contributed by atoms with Crippen molar-refractivity contribution in [3.05, 3.63) is 17.7 Å². The number of hydrogen-bond donors (Lipinski definition) is 1. The third kappa shape index (κ3) is 2.36. The number of fused-ring (bicyclic) bond motifs is 1. The molecule has 0 fully saturated rings. The van der Waals surface area contributed by atoms with Gasteiger partial charge < -0.3 is 19.9 Å². The highest BCUT2D eigenvalue weighted by Crippen LogP contribution is 2.42. The maximum absolute atomic E-state index is 5.65. The molecule has 2 rings (SSSR count). The Kier molecular flexibility index (Phi) is 3.00. The van der Waals surface area contributed by atoms with Crippen molar-refractivity contribution in [3.63, 3.8) is 0 Å². The minimum absolute atomic E-state index is 0.0369. The molecule has 6 heteroatoms. The van der Waals surface area contributed by atoms with Crippen molar-refractivity contribution in [3.8, 4) is 17.2 Å². The smallest absolute Gasteiger partial charge is 0.203 e. The summed E-state index contributed by atoms with van der Waals surface area (Å²) in [4.78, 5) is 0. The Morgan fingerprint density at radius 1 is 1.47 bits per heavy atom. The quantitative estimate of drug-likeness (QED) is 0.739. The van der Waals surface area contributed by atoms with Gasteiger partial charge in [-0.3, -0.25) is 0 Å². The number of benzene rings is 1. The highest BCUT2D eigenvalue weighted by Gasteiger charge is 2.25. The standard InChI is InChI=1S/C11H13B2NO3/c1-6-5-16-10-8(15-2)3-7(11(12,13)14)4-9(10)17-6/h3-4,6H,5,14H2,1-2H3. The minimum Gasteiger partial charge on any atom is -0.493 e. The SMILES string of the molecule is [B]C([B])(N)c1cc(OC)c2c(c1)OC(C)CO2. The highest BCUT2D eigenvalue weighted by atomic mass is 16.6. The summed E-state index contributed by atoms with van der Waals surface area (Å²) in [7, 11) is 12.8. The fourth-order valence-corrected chi connectivity index (χ4v) is 1.66. The molecule has 0 spiro atoms. The average Bonchev–Trinajstić information content (AvgIpc) is 2.25. The summed E-state index contributed by atoms with van der Waals surface area (Å²) in [5, 5.41) is -1.44. The van der Waals surface area contributed by atoms with Gasteiger partial charge in [0.2, 0.25) is 5.75 Å². The van der Waals surface area contributed by atoms with Crippen molar-refractivity contribution in [2.45, 2.75) is 18.4 Å². The van der Waals surface area contributed by atoms with Gasteiger partial charge in [-0.25, -0.2) is 0 Å². The molecule has 1 aromatic rings. The van der Waals surface area contributed by atoms with Gasteiger partial charge in [-0.15, -0.1) is 0 Å². The van der Waals surface area contributed by atoms with Crippen LogP contribution < -0.4 is 19.9 Å². The molecule has 86 valence electrons. The van der Waals surface area contributed by atoms with Crippen LogP contribution >= 0.6 is 0 Å². The minimum atomic E-state index is -1.44. The molecular weight excluding hydrogens is 216 g/mol. The first-order valence-electron chi connectivity index (χ1n) is 5.30. The number of hydrogen-bond acceptors (Lipinski definition) is 4. The Hall–Kier alpha value is -1.29. The molecule has 1 unspecified atom stereocenters. The summed E-state index contributed by atoms with van der Waals surface area (Å²) in [6.07, 6.45) is -0.0369. The maximum Gasteiger partial charge on any atom is 0.203 e. The van der Waals surface area contributed by atoms with Crippen molar-refractivity contribution in [2.24, 2.45) is 5.73 Å². The Morgan fingerprint density at radius 2 is 2.18 bits per heavy atom. The van der Waals surface area contributed by atoms with E-state index in [1.807, 2.05) is 6.92 Å². The van der Waals surface area contributed by atoms with Crippen molar-refractivity contribution < 1.29 is 14.2 Å². The lowest BCUT2D eigenvalue weighted by Gasteiger charge is -2.28. The molecule has 0 saturated heterocycles. The fraction of sp³-hybridized carbons (Fsp3) is 0.455. The molecule has 1 aromatic carbocycles. The first-order chi connectivity index (χ1) is 7.91. The topological polar surface area (TPSA) is 53.7 Å². The van der Waals surface area contributed by atoms with Gasteiger partial charge in [0.05, 0.1) is 22.8 Å². The predicted molar refractivity (Wildman–Crippen MR) is 66.0 cm³/mol. The van der Waals surface area contributed by atoms with Crippen LogP contribution in [0.3, 0.4) is 0 Å². The zero-order valence-electron chi connectivity index (χ0n) is 9.90. The molecule has 17 heavy (non-hydrogen) atoms. The molecule has 0 bridgehead atoms. The van der Waals surface area contributed by atoms with Crippen LogP contribution in [0, 0.1) is 0 Å². The van der Waals surface area contributed by atoms with Gasteiger partial charge >= 0.3 is 0 Å². The van der Waals surface area contributed by atoms with E-state index < -0.39 is 5.34 Å². The first kappa shape index (κ1) is 12.2. The summed E-state index contributed by atoms with van der Waals surface area (Å²) in [6.45, 7) is 2.38. The number of ether oxygens (including phenoxy) is 3. The number of methoxy groups -OCH3 is 1. The van der Waals surface area contributed by atoms with Gasteiger partial charge in [-0.05, 0) is 30.0 Å². The van der Waals surface area contributed by atoms with E-state index in [0.29, 0.717) is 29.4 Å². The van der Waals surface area contributed by atoms with Crippen LogP contribution in [0.5, 0.6) is 17.2 Å². The molecular formula is C11H13B2NO3. The maximum atomic E-state index is 5.65. The van der Waals surface area contributed by atoms with E-state index in [9.17, 15) is 0 Å². The molecule has 1 aliphatic heterocycles. The molecule has 0 aromatic heterocycles.